The molecule has 100 valence electrons. The van der Waals surface area contributed by atoms with Crippen LogP contribution in [0.3, 0.4) is 0 Å². The third-order valence-electron chi connectivity index (χ3n) is 2.86. The third kappa shape index (κ3) is 2.83. The number of aryl methyl sites for hydroxylation is 1. The number of hydrogen-bond acceptors (Lipinski definition) is 3. The van der Waals surface area contributed by atoms with Gasteiger partial charge in [-0.3, -0.25) is 4.79 Å². The van der Waals surface area contributed by atoms with Gasteiger partial charge in [-0.1, -0.05) is 49.0 Å². The van der Waals surface area contributed by atoms with E-state index < -0.39 is 5.97 Å². The van der Waals surface area contributed by atoms with E-state index in [-0.39, 0.29) is 11.5 Å². The summed E-state index contributed by atoms with van der Waals surface area (Å²) in [6.07, 6.45) is 1.07. The van der Waals surface area contributed by atoms with Crippen molar-refractivity contribution in [1.82, 2.24) is 0 Å². The normalized spacial score (nSPS) is 9.85. The van der Waals surface area contributed by atoms with Gasteiger partial charge in [0.15, 0.2) is 5.78 Å². The van der Waals surface area contributed by atoms with E-state index in [9.17, 15) is 9.59 Å². The Kier molecular flexibility index (Phi) is 4.11. The predicted octanol–water partition coefficient (Wildman–Crippen LogP) is 3.32. The average Bonchev–Trinajstić information content (AvgIpc) is 2.49. The van der Waals surface area contributed by atoms with Crippen LogP contribution in [0.4, 0.5) is 0 Å². The lowest BCUT2D eigenvalue weighted by molar-refractivity contribution is -0.129. The Morgan fingerprint density at radius 3 is 2.40 bits per heavy atom. The molecule has 0 aliphatic rings. The van der Waals surface area contributed by atoms with Crippen LogP contribution in [-0.2, 0) is 4.79 Å². The van der Waals surface area contributed by atoms with Crippen molar-refractivity contribution in [3.63, 3.8) is 0 Å². The Morgan fingerprint density at radius 2 is 1.75 bits per heavy atom. The summed E-state index contributed by atoms with van der Waals surface area (Å²) in [5, 5.41) is 0. The topological polar surface area (TPSA) is 43.4 Å². The number of esters is 1. The Bertz CT molecular complexity index is 657. The maximum absolute atomic E-state index is 12.5. The van der Waals surface area contributed by atoms with Crippen LogP contribution < -0.4 is 4.74 Å². The number of carbonyl (C=O) groups is 2. The minimum absolute atomic E-state index is 0.179. The number of hydrogen-bond donors (Lipinski definition) is 0. The van der Waals surface area contributed by atoms with Crippen molar-refractivity contribution >= 4 is 11.8 Å². The summed E-state index contributed by atoms with van der Waals surface area (Å²) >= 11 is 0. The van der Waals surface area contributed by atoms with E-state index in [4.69, 9.17) is 4.74 Å². The van der Waals surface area contributed by atoms with Crippen LogP contribution in [-0.4, -0.2) is 11.8 Å². The summed E-state index contributed by atoms with van der Waals surface area (Å²) in [6, 6.07) is 14.1. The van der Waals surface area contributed by atoms with E-state index in [2.05, 4.69) is 6.58 Å². The Morgan fingerprint density at radius 1 is 1.05 bits per heavy atom. The second-order valence-corrected chi connectivity index (χ2v) is 4.27. The quantitative estimate of drug-likeness (QED) is 0.369. The zero-order valence-electron chi connectivity index (χ0n) is 11.1. The minimum Gasteiger partial charge on any atom is -0.422 e. The standard InChI is InChI=1S/C17H14O3/c1-3-15(18)20-17-12(2)8-7-11-14(17)16(19)13-9-5-4-6-10-13/h3-11H,1H2,2H3. The highest BCUT2D eigenvalue weighted by atomic mass is 16.5. The predicted molar refractivity (Wildman–Crippen MR) is 76.9 cm³/mol. The van der Waals surface area contributed by atoms with Crippen molar-refractivity contribution < 1.29 is 14.3 Å². The summed E-state index contributed by atoms with van der Waals surface area (Å²) in [5.41, 5.74) is 1.64. The molecule has 2 aromatic rings. The maximum Gasteiger partial charge on any atom is 0.335 e. The van der Waals surface area contributed by atoms with Gasteiger partial charge >= 0.3 is 5.97 Å². The summed E-state index contributed by atoms with van der Waals surface area (Å²) in [6.45, 7) is 5.14. The summed E-state index contributed by atoms with van der Waals surface area (Å²) < 4.78 is 5.19. The molecule has 2 rings (SSSR count). The number of para-hydroxylation sites is 1. The van der Waals surface area contributed by atoms with Crippen molar-refractivity contribution in [2.45, 2.75) is 6.92 Å². The minimum atomic E-state index is -0.582. The van der Waals surface area contributed by atoms with Crippen molar-refractivity contribution in [1.29, 1.82) is 0 Å². The lowest BCUT2D eigenvalue weighted by Crippen LogP contribution is -2.10. The Hall–Kier alpha value is -2.68. The van der Waals surface area contributed by atoms with Gasteiger partial charge in [-0.25, -0.2) is 4.79 Å². The second kappa shape index (κ2) is 5.97. The van der Waals surface area contributed by atoms with E-state index in [0.29, 0.717) is 11.1 Å². The first-order valence-electron chi connectivity index (χ1n) is 6.17. The zero-order chi connectivity index (χ0) is 14.5. The molecule has 0 bridgehead atoms. The number of ether oxygens (including phenoxy) is 1. The van der Waals surface area contributed by atoms with Crippen molar-refractivity contribution in [2.75, 3.05) is 0 Å². The molecule has 0 unspecified atom stereocenters. The van der Waals surface area contributed by atoms with Crippen molar-refractivity contribution in [3.05, 3.63) is 77.9 Å². The molecule has 0 aliphatic heterocycles. The molecule has 3 heteroatoms. The SMILES string of the molecule is C=CC(=O)Oc1c(C)cccc1C(=O)c1ccccc1. The zero-order valence-corrected chi connectivity index (χ0v) is 11.1. The monoisotopic (exact) mass is 266 g/mol. The van der Waals surface area contributed by atoms with Gasteiger partial charge in [-0.05, 0) is 18.6 Å². The first-order chi connectivity index (χ1) is 9.63. The molecule has 2 aromatic carbocycles. The molecule has 0 heterocycles. The summed E-state index contributed by atoms with van der Waals surface area (Å²) in [5.74, 6) is -0.478. The molecule has 3 nitrogen and oxygen atoms in total. The molecular weight excluding hydrogens is 252 g/mol. The van der Waals surface area contributed by atoms with E-state index in [1.807, 2.05) is 6.07 Å². The number of ketones is 1. The molecule has 0 spiro atoms. The van der Waals surface area contributed by atoms with E-state index in [0.717, 1.165) is 11.6 Å². The molecule has 0 saturated heterocycles. The first kappa shape index (κ1) is 13.7. The van der Waals surface area contributed by atoms with Crippen molar-refractivity contribution in [2.24, 2.45) is 0 Å². The van der Waals surface area contributed by atoms with E-state index in [1.54, 1.807) is 49.4 Å². The van der Waals surface area contributed by atoms with Gasteiger partial charge in [0.05, 0.1) is 5.56 Å². The van der Waals surface area contributed by atoms with Gasteiger partial charge in [-0.2, -0.15) is 0 Å². The Labute approximate surface area is 117 Å². The average molecular weight is 266 g/mol. The molecule has 0 aliphatic carbocycles. The van der Waals surface area contributed by atoms with Crippen LogP contribution in [0.5, 0.6) is 5.75 Å². The highest BCUT2D eigenvalue weighted by molar-refractivity contribution is 6.11. The summed E-state index contributed by atoms with van der Waals surface area (Å²) in [4.78, 5) is 23.9. The van der Waals surface area contributed by atoms with Gasteiger partial charge in [0.2, 0.25) is 0 Å². The summed E-state index contributed by atoms with van der Waals surface area (Å²) in [7, 11) is 0. The molecule has 0 amide bonds. The van der Waals surface area contributed by atoms with Crippen LogP contribution in [0.15, 0.2) is 61.2 Å². The van der Waals surface area contributed by atoms with Crippen LogP contribution in [0.2, 0.25) is 0 Å². The van der Waals surface area contributed by atoms with E-state index in [1.165, 1.54) is 0 Å². The highest BCUT2D eigenvalue weighted by Crippen LogP contribution is 2.26. The van der Waals surface area contributed by atoms with Crippen LogP contribution in [0.1, 0.15) is 21.5 Å². The molecule has 0 aromatic heterocycles. The van der Waals surface area contributed by atoms with Gasteiger partial charge in [-0.15, -0.1) is 0 Å². The van der Waals surface area contributed by atoms with Crippen molar-refractivity contribution in [3.8, 4) is 5.75 Å². The fourth-order valence-corrected chi connectivity index (χ4v) is 1.85. The smallest absolute Gasteiger partial charge is 0.335 e. The molecule has 0 atom stereocenters. The first-order valence-corrected chi connectivity index (χ1v) is 6.17. The van der Waals surface area contributed by atoms with Gasteiger partial charge in [0, 0.05) is 11.6 Å². The third-order valence-corrected chi connectivity index (χ3v) is 2.86. The lowest BCUT2D eigenvalue weighted by Gasteiger charge is -2.11. The molecule has 0 N–H and O–H groups in total. The maximum atomic E-state index is 12.5. The van der Waals surface area contributed by atoms with Gasteiger partial charge < -0.3 is 4.74 Å². The molecule has 0 fully saturated rings. The largest absolute Gasteiger partial charge is 0.422 e. The molecule has 20 heavy (non-hydrogen) atoms. The van der Waals surface area contributed by atoms with Crippen LogP contribution in [0.25, 0.3) is 0 Å². The number of rotatable bonds is 4. The molecule has 0 radical (unpaired) electrons. The lowest BCUT2D eigenvalue weighted by atomic mass is 10.0. The van der Waals surface area contributed by atoms with E-state index >= 15 is 0 Å². The highest BCUT2D eigenvalue weighted by Gasteiger charge is 2.17. The molecule has 0 saturated carbocycles. The van der Waals surface area contributed by atoms with Gasteiger partial charge in [0.1, 0.15) is 5.75 Å². The fraction of sp³-hybridized carbons (Fsp3) is 0.0588. The number of carbonyl (C=O) groups excluding carboxylic acids is 2. The number of benzene rings is 2. The van der Waals surface area contributed by atoms with Crippen LogP contribution >= 0.6 is 0 Å². The Balaban J connectivity index is 2.46. The second-order valence-electron chi connectivity index (χ2n) is 4.27. The fourth-order valence-electron chi connectivity index (χ4n) is 1.85. The van der Waals surface area contributed by atoms with Gasteiger partial charge in [0.25, 0.3) is 0 Å². The molecular formula is C17H14O3. The van der Waals surface area contributed by atoms with Crippen LogP contribution in [0, 0.1) is 6.92 Å².